The SMILES string of the molecule is CN(C)CCN1CC2(CCCN(C(=O)c3cccc(N(C)C)c3)C2)CCC1=O. The largest absolute Gasteiger partial charge is 0.378 e. The second kappa shape index (κ2) is 8.52. The molecule has 2 aliphatic heterocycles. The lowest BCUT2D eigenvalue weighted by molar-refractivity contribution is -0.139. The van der Waals surface area contributed by atoms with Crippen LogP contribution in [0.2, 0.25) is 0 Å². The van der Waals surface area contributed by atoms with Crippen LogP contribution in [0.15, 0.2) is 24.3 Å². The molecule has 6 nitrogen and oxygen atoms in total. The van der Waals surface area contributed by atoms with Gasteiger partial charge in [-0.3, -0.25) is 9.59 Å². The number of amides is 2. The Kier molecular flexibility index (Phi) is 6.28. The van der Waals surface area contributed by atoms with Crippen LogP contribution in [0.1, 0.15) is 36.0 Å². The fourth-order valence-electron chi connectivity index (χ4n) is 4.44. The van der Waals surface area contributed by atoms with Gasteiger partial charge >= 0.3 is 0 Å². The van der Waals surface area contributed by atoms with E-state index in [1.807, 2.05) is 67.2 Å². The summed E-state index contributed by atoms with van der Waals surface area (Å²) in [6.45, 7) is 3.98. The second-order valence-corrected chi connectivity index (χ2v) is 8.89. The predicted octanol–water partition coefficient (Wildman–Crippen LogP) is 2.16. The highest BCUT2D eigenvalue weighted by Gasteiger charge is 2.42. The standard InChI is InChI=1S/C22H34N4O2/c1-23(2)13-14-25-16-22(11-9-20(25)27)10-6-12-26(17-22)21(28)18-7-5-8-19(15-18)24(3)4/h5,7-8,15H,6,9-14,16-17H2,1-4H3. The summed E-state index contributed by atoms with van der Waals surface area (Å²) in [5.74, 6) is 0.370. The number of carbonyl (C=O) groups excluding carboxylic acids is 2. The van der Waals surface area contributed by atoms with Gasteiger partial charge in [-0.2, -0.15) is 0 Å². The van der Waals surface area contributed by atoms with Crippen LogP contribution >= 0.6 is 0 Å². The number of hydrogen-bond acceptors (Lipinski definition) is 4. The molecular formula is C22H34N4O2. The Balaban J connectivity index is 1.71. The third kappa shape index (κ3) is 4.66. The molecule has 154 valence electrons. The van der Waals surface area contributed by atoms with Crippen LogP contribution in [-0.4, -0.2) is 87.4 Å². The smallest absolute Gasteiger partial charge is 0.253 e. The summed E-state index contributed by atoms with van der Waals surface area (Å²) in [6, 6.07) is 7.84. The lowest BCUT2D eigenvalue weighted by Gasteiger charge is -2.48. The van der Waals surface area contributed by atoms with Gasteiger partial charge in [-0.05, 0) is 51.6 Å². The van der Waals surface area contributed by atoms with Crippen LogP contribution in [0.5, 0.6) is 0 Å². The maximum Gasteiger partial charge on any atom is 0.253 e. The van der Waals surface area contributed by atoms with E-state index in [2.05, 4.69) is 4.90 Å². The number of likely N-dealkylation sites (tertiary alicyclic amines) is 2. The fraction of sp³-hybridized carbons (Fsp3) is 0.636. The molecule has 2 aliphatic rings. The van der Waals surface area contributed by atoms with E-state index >= 15 is 0 Å². The molecule has 1 unspecified atom stereocenters. The lowest BCUT2D eigenvalue weighted by atomic mass is 9.73. The lowest BCUT2D eigenvalue weighted by Crippen LogP contribution is -2.55. The zero-order chi connectivity index (χ0) is 20.3. The van der Waals surface area contributed by atoms with Gasteiger partial charge in [0.15, 0.2) is 0 Å². The third-order valence-electron chi connectivity index (χ3n) is 6.12. The molecule has 3 rings (SSSR count). The molecule has 6 heteroatoms. The highest BCUT2D eigenvalue weighted by Crippen LogP contribution is 2.39. The zero-order valence-corrected chi connectivity index (χ0v) is 17.8. The first kappa shape index (κ1) is 20.6. The van der Waals surface area contributed by atoms with Gasteiger partial charge in [-0.1, -0.05) is 6.07 Å². The van der Waals surface area contributed by atoms with Gasteiger partial charge < -0.3 is 19.6 Å². The maximum atomic E-state index is 13.2. The average molecular weight is 387 g/mol. The van der Waals surface area contributed by atoms with Crippen LogP contribution in [-0.2, 0) is 4.79 Å². The van der Waals surface area contributed by atoms with E-state index in [1.165, 1.54) is 0 Å². The van der Waals surface area contributed by atoms with Crippen molar-refractivity contribution >= 4 is 17.5 Å². The minimum Gasteiger partial charge on any atom is -0.378 e. The van der Waals surface area contributed by atoms with Crippen molar-refractivity contribution in [2.75, 3.05) is 65.8 Å². The topological polar surface area (TPSA) is 47.1 Å². The van der Waals surface area contributed by atoms with Gasteiger partial charge in [0.2, 0.25) is 5.91 Å². The Labute approximate surface area is 169 Å². The number of hydrogen-bond donors (Lipinski definition) is 0. The summed E-state index contributed by atoms with van der Waals surface area (Å²) in [7, 11) is 8.04. The highest BCUT2D eigenvalue weighted by molar-refractivity contribution is 5.95. The molecule has 2 fully saturated rings. The molecule has 0 aromatic heterocycles. The van der Waals surface area contributed by atoms with Crippen LogP contribution < -0.4 is 4.90 Å². The molecule has 0 radical (unpaired) electrons. The van der Waals surface area contributed by atoms with Gasteiger partial charge in [0.1, 0.15) is 0 Å². The molecule has 1 spiro atoms. The highest BCUT2D eigenvalue weighted by atomic mass is 16.2. The number of carbonyl (C=O) groups is 2. The molecule has 1 atom stereocenters. The van der Waals surface area contributed by atoms with E-state index < -0.39 is 0 Å². The van der Waals surface area contributed by atoms with Gasteiger partial charge in [0.05, 0.1) is 0 Å². The minimum absolute atomic E-state index is 0.0489. The molecule has 2 heterocycles. The monoisotopic (exact) mass is 386 g/mol. The van der Waals surface area contributed by atoms with Crippen molar-refractivity contribution in [3.8, 4) is 0 Å². The van der Waals surface area contributed by atoms with E-state index in [1.54, 1.807) is 0 Å². The summed E-state index contributed by atoms with van der Waals surface area (Å²) in [4.78, 5) is 33.7. The number of benzene rings is 1. The Morgan fingerprint density at radius 1 is 1.14 bits per heavy atom. The van der Waals surface area contributed by atoms with Crippen LogP contribution in [0.25, 0.3) is 0 Å². The van der Waals surface area contributed by atoms with Crippen molar-refractivity contribution < 1.29 is 9.59 Å². The zero-order valence-electron chi connectivity index (χ0n) is 17.8. The van der Waals surface area contributed by atoms with E-state index in [0.717, 1.165) is 63.2 Å². The normalized spacial score (nSPS) is 22.8. The van der Waals surface area contributed by atoms with Gasteiger partial charge in [-0.25, -0.2) is 0 Å². The van der Waals surface area contributed by atoms with E-state index in [0.29, 0.717) is 6.42 Å². The summed E-state index contributed by atoms with van der Waals surface area (Å²) >= 11 is 0. The van der Waals surface area contributed by atoms with Crippen LogP contribution in [0.3, 0.4) is 0 Å². The van der Waals surface area contributed by atoms with Crippen molar-refractivity contribution in [1.29, 1.82) is 0 Å². The Hall–Kier alpha value is -2.08. The summed E-state index contributed by atoms with van der Waals surface area (Å²) in [5.41, 5.74) is 1.84. The summed E-state index contributed by atoms with van der Waals surface area (Å²) in [6.07, 6.45) is 3.60. The van der Waals surface area contributed by atoms with Crippen molar-refractivity contribution in [2.24, 2.45) is 5.41 Å². The minimum atomic E-state index is 0.0489. The van der Waals surface area contributed by atoms with Gasteiger partial charge in [0, 0.05) is 69.9 Å². The van der Waals surface area contributed by atoms with Crippen molar-refractivity contribution in [1.82, 2.24) is 14.7 Å². The van der Waals surface area contributed by atoms with E-state index in [4.69, 9.17) is 0 Å². The average Bonchev–Trinajstić information content (AvgIpc) is 2.68. The van der Waals surface area contributed by atoms with Gasteiger partial charge in [-0.15, -0.1) is 0 Å². The molecule has 0 aliphatic carbocycles. The van der Waals surface area contributed by atoms with Gasteiger partial charge in [0.25, 0.3) is 5.91 Å². The first-order valence-corrected chi connectivity index (χ1v) is 10.3. The first-order chi connectivity index (χ1) is 13.3. The maximum absolute atomic E-state index is 13.2. The molecular weight excluding hydrogens is 352 g/mol. The Morgan fingerprint density at radius 3 is 2.64 bits per heavy atom. The van der Waals surface area contributed by atoms with Crippen LogP contribution in [0.4, 0.5) is 5.69 Å². The predicted molar refractivity (Wildman–Crippen MR) is 113 cm³/mol. The van der Waals surface area contributed by atoms with E-state index in [9.17, 15) is 9.59 Å². The summed E-state index contributed by atoms with van der Waals surface area (Å²) in [5, 5.41) is 0. The fourth-order valence-corrected chi connectivity index (χ4v) is 4.44. The number of likely N-dealkylation sites (N-methyl/N-ethyl adjacent to an activating group) is 1. The number of rotatable bonds is 5. The van der Waals surface area contributed by atoms with Crippen LogP contribution in [0, 0.1) is 5.41 Å². The molecule has 1 aromatic carbocycles. The number of nitrogens with zero attached hydrogens (tertiary/aromatic N) is 4. The molecule has 0 N–H and O–H groups in total. The van der Waals surface area contributed by atoms with Crippen molar-refractivity contribution in [3.05, 3.63) is 29.8 Å². The molecule has 2 saturated heterocycles. The third-order valence-corrected chi connectivity index (χ3v) is 6.12. The van der Waals surface area contributed by atoms with Crippen molar-refractivity contribution in [3.63, 3.8) is 0 Å². The molecule has 1 aromatic rings. The quantitative estimate of drug-likeness (QED) is 0.778. The van der Waals surface area contributed by atoms with E-state index in [-0.39, 0.29) is 17.2 Å². The molecule has 0 bridgehead atoms. The first-order valence-electron chi connectivity index (χ1n) is 10.3. The number of piperidine rings is 2. The molecule has 0 saturated carbocycles. The molecule has 2 amide bonds. The Morgan fingerprint density at radius 2 is 1.93 bits per heavy atom. The van der Waals surface area contributed by atoms with Crippen molar-refractivity contribution in [2.45, 2.75) is 25.7 Å². The second-order valence-electron chi connectivity index (χ2n) is 8.89. The molecule has 28 heavy (non-hydrogen) atoms. The Bertz CT molecular complexity index is 718. The number of anilines is 1. The summed E-state index contributed by atoms with van der Waals surface area (Å²) < 4.78 is 0.